The third-order valence-corrected chi connectivity index (χ3v) is 8.16. The zero-order valence-corrected chi connectivity index (χ0v) is 25.5. The monoisotopic (exact) mass is 571 g/mol. The van der Waals surface area contributed by atoms with Crippen LogP contribution in [0, 0.1) is 5.92 Å². The lowest BCUT2D eigenvalue weighted by molar-refractivity contribution is -0.159. The average molecular weight is 572 g/mol. The molecule has 2 N–H and O–H groups in total. The van der Waals surface area contributed by atoms with Crippen molar-refractivity contribution in [2.75, 3.05) is 41.7 Å². The van der Waals surface area contributed by atoms with Crippen LogP contribution in [0.25, 0.3) is 0 Å². The number of pyridine rings is 2. The number of nitrogens with one attached hydrogen (secondary N) is 2. The molecule has 0 radical (unpaired) electrons. The van der Waals surface area contributed by atoms with Crippen LogP contribution in [0.3, 0.4) is 0 Å². The Morgan fingerprint density at radius 1 is 1.19 bits per heavy atom. The van der Waals surface area contributed by atoms with Gasteiger partial charge in [-0.05, 0) is 89.0 Å². The highest BCUT2D eigenvalue weighted by Crippen LogP contribution is 2.33. The van der Waals surface area contributed by atoms with E-state index < -0.39 is 5.60 Å². The van der Waals surface area contributed by atoms with E-state index in [1.807, 2.05) is 39.1 Å². The van der Waals surface area contributed by atoms with Crippen LogP contribution < -0.4 is 15.5 Å². The van der Waals surface area contributed by atoms with Gasteiger partial charge in [-0.15, -0.1) is 0 Å². The highest BCUT2D eigenvalue weighted by atomic mass is 16.6. The van der Waals surface area contributed by atoms with E-state index in [4.69, 9.17) is 14.7 Å². The summed E-state index contributed by atoms with van der Waals surface area (Å²) in [6.07, 6.45) is 11.8. The Morgan fingerprint density at radius 2 is 2.02 bits per heavy atom. The maximum atomic E-state index is 13.2. The zero-order valence-electron chi connectivity index (χ0n) is 25.5. The topological polar surface area (TPSA) is 105 Å². The largest absolute Gasteiger partial charge is 0.460 e. The average Bonchev–Trinajstić information content (AvgIpc) is 3.00. The predicted octanol–water partition coefficient (Wildman–Crippen LogP) is 5.57. The Morgan fingerprint density at radius 3 is 2.76 bits per heavy atom. The van der Waals surface area contributed by atoms with E-state index in [0.29, 0.717) is 18.9 Å². The van der Waals surface area contributed by atoms with Crippen LogP contribution in [0.15, 0.2) is 43.0 Å². The number of nitrogens with zero attached hydrogens (tertiary/aromatic N) is 5. The molecule has 3 aromatic heterocycles. The summed E-state index contributed by atoms with van der Waals surface area (Å²) in [6, 6.07) is 8.45. The molecule has 0 unspecified atom stereocenters. The second kappa shape index (κ2) is 13.5. The summed E-state index contributed by atoms with van der Waals surface area (Å²) in [6.45, 7) is 11.2. The number of anilines is 3. The van der Waals surface area contributed by atoms with Gasteiger partial charge in [-0.1, -0.05) is 19.1 Å². The van der Waals surface area contributed by atoms with Crippen LogP contribution in [0.4, 0.5) is 17.5 Å². The number of rotatable bonds is 10. The number of piperidine rings is 1. The number of carbonyl (C=O) groups is 1. The fourth-order valence-electron chi connectivity index (χ4n) is 5.91. The molecule has 5 rings (SSSR count). The smallest absolute Gasteiger partial charge is 0.311 e. The molecule has 1 saturated heterocycles. The normalized spacial score (nSPS) is 16.3. The maximum Gasteiger partial charge on any atom is 0.311 e. The lowest BCUT2D eigenvalue weighted by Crippen LogP contribution is -2.35. The minimum absolute atomic E-state index is 0.195. The molecule has 0 aliphatic carbocycles. The first-order chi connectivity index (χ1) is 20.3. The van der Waals surface area contributed by atoms with Crippen molar-refractivity contribution < 1.29 is 9.53 Å². The first-order valence-electron chi connectivity index (χ1n) is 15.5. The van der Waals surface area contributed by atoms with Crippen molar-refractivity contribution in [2.45, 2.75) is 84.2 Å². The van der Waals surface area contributed by atoms with Gasteiger partial charge >= 0.3 is 5.97 Å². The molecular weight excluding hydrogens is 526 g/mol. The lowest BCUT2D eigenvalue weighted by Gasteiger charge is -2.34. The van der Waals surface area contributed by atoms with Gasteiger partial charge in [-0.2, -0.15) is 0 Å². The highest BCUT2D eigenvalue weighted by Gasteiger charge is 2.28. The van der Waals surface area contributed by atoms with Gasteiger partial charge in [0.1, 0.15) is 29.4 Å². The Hall–Kier alpha value is -3.75. The predicted molar refractivity (Wildman–Crippen MR) is 167 cm³/mol. The second-order valence-corrected chi connectivity index (χ2v) is 12.4. The SMILES string of the molecule is CCc1c(NC[C@H](CCc2cccnc2)C(=O)OC(C)(C)C)ncnc1N1CCC(c2ccc3c(n2)NCCC3)CC1. The number of hydrogen-bond acceptors (Lipinski definition) is 9. The summed E-state index contributed by atoms with van der Waals surface area (Å²) < 4.78 is 5.78. The van der Waals surface area contributed by atoms with Gasteiger partial charge in [0, 0.05) is 55.7 Å². The molecule has 42 heavy (non-hydrogen) atoms. The van der Waals surface area contributed by atoms with Crippen LogP contribution in [-0.4, -0.2) is 57.7 Å². The van der Waals surface area contributed by atoms with E-state index in [9.17, 15) is 4.79 Å². The van der Waals surface area contributed by atoms with Crippen LogP contribution in [-0.2, 0) is 28.8 Å². The summed E-state index contributed by atoms with van der Waals surface area (Å²) in [5.74, 6) is 2.79. The molecular formula is C33H45N7O2. The fourth-order valence-corrected chi connectivity index (χ4v) is 5.91. The molecule has 9 heteroatoms. The quantitative estimate of drug-likeness (QED) is 0.302. The van der Waals surface area contributed by atoms with E-state index in [1.165, 1.54) is 17.7 Å². The van der Waals surface area contributed by atoms with Crippen molar-refractivity contribution in [1.29, 1.82) is 0 Å². The minimum Gasteiger partial charge on any atom is -0.460 e. The van der Waals surface area contributed by atoms with Gasteiger partial charge in [-0.25, -0.2) is 15.0 Å². The van der Waals surface area contributed by atoms with Gasteiger partial charge in [0.05, 0.1) is 5.92 Å². The lowest BCUT2D eigenvalue weighted by atomic mass is 9.92. The number of fused-ring (bicyclic) bond motifs is 1. The molecule has 0 bridgehead atoms. The van der Waals surface area contributed by atoms with Gasteiger partial charge in [-0.3, -0.25) is 9.78 Å². The molecule has 0 amide bonds. The van der Waals surface area contributed by atoms with Crippen molar-refractivity contribution >= 4 is 23.4 Å². The second-order valence-electron chi connectivity index (χ2n) is 12.4. The molecule has 0 aromatic carbocycles. The van der Waals surface area contributed by atoms with Crippen LogP contribution in [0.5, 0.6) is 0 Å². The summed E-state index contributed by atoms with van der Waals surface area (Å²) in [4.78, 5) is 34.1. The fraction of sp³-hybridized carbons (Fsp3) is 0.545. The minimum atomic E-state index is -0.544. The van der Waals surface area contributed by atoms with E-state index >= 15 is 0 Å². The molecule has 2 aliphatic heterocycles. The molecule has 1 fully saturated rings. The van der Waals surface area contributed by atoms with E-state index in [1.54, 1.807) is 12.5 Å². The number of carbonyl (C=O) groups excluding carboxylic acids is 1. The molecule has 5 heterocycles. The molecule has 224 valence electrons. The number of ether oxygens (including phenoxy) is 1. The molecule has 2 aliphatic rings. The van der Waals surface area contributed by atoms with Gasteiger partial charge in [0.15, 0.2) is 0 Å². The third kappa shape index (κ3) is 7.55. The maximum absolute atomic E-state index is 13.2. The summed E-state index contributed by atoms with van der Waals surface area (Å²) in [5.41, 5.74) is 4.18. The number of esters is 1. The molecule has 9 nitrogen and oxygen atoms in total. The number of hydrogen-bond donors (Lipinski definition) is 2. The van der Waals surface area contributed by atoms with Gasteiger partial charge < -0.3 is 20.3 Å². The highest BCUT2D eigenvalue weighted by molar-refractivity contribution is 5.74. The van der Waals surface area contributed by atoms with Gasteiger partial charge in [0.25, 0.3) is 0 Å². The Kier molecular flexibility index (Phi) is 9.55. The van der Waals surface area contributed by atoms with Crippen molar-refractivity contribution in [3.63, 3.8) is 0 Å². The first kappa shape index (κ1) is 29.7. The number of aromatic nitrogens is 4. The third-order valence-electron chi connectivity index (χ3n) is 8.16. The Bertz CT molecular complexity index is 1330. The molecule has 0 spiro atoms. The van der Waals surface area contributed by atoms with Crippen LogP contribution >= 0.6 is 0 Å². The van der Waals surface area contributed by atoms with Crippen molar-refractivity contribution in [2.24, 2.45) is 5.92 Å². The summed E-state index contributed by atoms with van der Waals surface area (Å²) in [7, 11) is 0. The van der Waals surface area contributed by atoms with Crippen molar-refractivity contribution in [1.82, 2.24) is 19.9 Å². The Labute approximate surface area is 249 Å². The molecule has 1 atom stereocenters. The van der Waals surface area contributed by atoms with E-state index in [-0.39, 0.29) is 11.9 Å². The number of aryl methyl sites for hydroxylation is 2. The Balaban J connectivity index is 1.25. The molecule has 3 aromatic rings. The van der Waals surface area contributed by atoms with Crippen LogP contribution in [0.1, 0.15) is 81.7 Å². The molecule has 0 saturated carbocycles. The van der Waals surface area contributed by atoms with E-state index in [2.05, 4.69) is 44.6 Å². The van der Waals surface area contributed by atoms with Crippen LogP contribution in [0.2, 0.25) is 0 Å². The van der Waals surface area contributed by atoms with E-state index in [0.717, 1.165) is 80.3 Å². The zero-order chi connectivity index (χ0) is 29.5. The summed E-state index contributed by atoms with van der Waals surface area (Å²) in [5, 5.41) is 6.97. The van der Waals surface area contributed by atoms with Crippen molar-refractivity contribution in [3.8, 4) is 0 Å². The standard InChI is InChI=1S/C33H45N7O2/c1-5-27-30(36-21-26(32(41)42-33(2,3)4)11-10-23-8-6-16-34-20-23)37-22-38-31(27)40-18-14-24(15-19-40)28-13-12-25-9-7-17-35-29(25)39-28/h6,8,12-13,16,20,22,24,26H,5,7,9-11,14-15,17-19,21H2,1-4H3,(H,35,39)(H,36,37,38)/t26-/m0/s1. The van der Waals surface area contributed by atoms with Gasteiger partial charge in [0.2, 0.25) is 0 Å². The summed E-state index contributed by atoms with van der Waals surface area (Å²) >= 11 is 0. The van der Waals surface area contributed by atoms with Crippen molar-refractivity contribution in [3.05, 3.63) is 65.4 Å². The first-order valence-corrected chi connectivity index (χ1v) is 15.5.